The number of unbranched alkanes of at least 4 members (excludes halogenated alkanes) is 18. The zero-order valence-electron chi connectivity index (χ0n) is 38.1. The van der Waals surface area contributed by atoms with Gasteiger partial charge in [-0.3, -0.25) is 9.52 Å². The van der Waals surface area contributed by atoms with Crippen molar-refractivity contribution in [2.45, 2.75) is 225 Å². The average Bonchev–Trinajstić information content (AvgIpc) is 3.21. The summed E-state index contributed by atoms with van der Waals surface area (Å²) in [6, 6.07) is 7.48. The Balaban J connectivity index is 2.41. The first kappa shape index (κ1) is 53.3. The number of rotatable bonds is 39. The first-order valence-corrected chi connectivity index (χ1v) is 24.6. The molecule has 0 aliphatic heterocycles. The highest BCUT2D eigenvalue weighted by Gasteiger charge is 2.26. The fourth-order valence-electron chi connectivity index (χ4n) is 6.93. The van der Waals surface area contributed by atoms with Crippen LogP contribution < -0.4 is 9.46 Å². The van der Waals surface area contributed by atoms with Gasteiger partial charge < -0.3 is 9.47 Å². The van der Waals surface area contributed by atoms with Crippen molar-refractivity contribution in [3.05, 3.63) is 72.9 Å². The fraction of sp³-hybridized carbons (Fsp3) is 0.692. The van der Waals surface area contributed by atoms with Gasteiger partial charge >= 0.3 is 5.97 Å². The Kier molecular flexibility index (Phi) is 35.3. The average molecular weight is 822 g/mol. The van der Waals surface area contributed by atoms with Crippen molar-refractivity contribution >= 4 is 23.8 Å². The number of allylic oxidation sites excluding steroid dienone is 8. The smallest absolute Gasteiger partial charge is 0.344 e. The Hall–Kier alpha value is -2.73. The molecule has 5 nitrogen and oxygen atoms in total. The summed E-state index contributed by atoms with van der Waals surface area (Å²) in [5.74, 6) is 0.350. The van der Waals surface area contributed by atoms with Gasteiger partial charge in [-0.05, 0) is 133 Å². The number of ether oxygens (including phenoxy) is 2. The Labute approximate surface area is 362 Å². The summed E-state index contributed by atoms with van der Waals surface area (Å²) in [6.45, 7) is 10.5. The highest BCUT2D eigenvalue weighted by molar-refractivity contribution is 7.98. The maximum atomic E-state index is 12.9. The van der Waals surface area contributed by atoms with Gasteiger partial charge in [0, 0.05) is 10.3 Å². The lowest BCUT2D eigenvalue weighted by Crippen LogP contribution is -2.32. The van der Waals surface area contributed by atoms with Gasteiger partial charge in [-0.1, -0.05) is 167 Å². The van der Waals surface area contributed by atoms with E-state index in [4.69, 9.17) is 9.47 Å². The predicted octanol–water partition coefficient (Wildman–Crippen LogP) is 16.3. The van der Waals surface area contributed by atoms with Crippen molar-refractivity contribution in [3.8, 4) is 5.75 Å². The Morgan fingerprint density at radius 2 is 1.02 bits per heavy atom. The number of esters is 1. The number of hydrogen-bond donors (Lipinski definition) is 1. The molecule has 330 valence electrons. The number of carbonyl (C=O) groups is 2. The molecule has 0 aliphatic carbocycles. The molecule has 0 fully saturated rings. The lowest BCUT2D eigenvalue weighted by molar-refractivity contribution is -0.152. The van der Waals surface area contributed by atoms with Crippen LogP contribution in [0, 0.1) is 5.41 Å². The first-order valence-electron chi connectivity index (χ1n) is 23.8. The van der Waals surface area contributed by atoms with Crippen molar-refractivity contribution in [2.75, 3.05) is 6.61 Å². The van der Waals surface area contributed by atoms with Crippen LogP contribution in [-0.4, -0.2) is 24.6 Å². The second-order valence-electron chi connectivity index (χ2n) is 16.8. The van der Waals surface area contributed by atoms with Crippen LogP contribution in [0.25, 0.3) is 0 Å². The third-order valence-electron chi connectivity index (χ3n) is 10.7. The molecule has 0 unspecified atom stereocenters. The Morgan fingerprint density at radius 1 is 0.586 bits per heavy atom. The van der Waals surface area contributed by atoms with Gasteiger partial charge in [-0.2, -0.15) is 0 Å². The minimum absolute atomic E-state index is 0.0304. The van der Waals surface area contributed by atoms with Crippen molar-refractivity contribution in [1.29, 1.82) is 0 Å². The topological polar surface area (TPSA) is 64.6 Å². The molecule has 0 saturated heterocycles. The van der Waals surface area contributed by atoms with Gasteiger partial charge in [-0.25, -0.2) is 4.79 Å². The van der Waals surface area contributed by atoms with Gasteiger partial charge in [0.1, 0.15) is 11.9 Å². The number of benzene rings is 1. The van der Waals surface area contributed by atoms with Crippen LogP contribution in [0.2, 0.25) is 0 Å². The van der Waals surface area contributed by atoms with E-state index < -0.39 is 5.41 Å². The summed E-state index contributed by atoms with van der Waals surface area (Å²) >= 11 is 1.31. The van der Waals surface area contributed by atoms with Gasteiger partial charge in [0.25, 0.3) is 0 Å². The van der Waals surface area contributed by atoms with Gasteiger partial charge in [-0.15, -0.1) is 0 Å². The normalized spacial score (nSPS) is 12.2. The van der Waals surface area contributed by atoms with Gasteiger partial charge in [0.05, 0.1) is 0 Å². The summed E-state index contributed by atoms with van der Waals surface area (Å²) < 4.78 is 14.8. The zero-order valence-corrected chi connectivity index (χ0v) is 38.9. The first-order chi connectivity index (χ1) is 28.3. The van der Waals surface area contributed by atoms with E-state index in [-0.39, 0.29) is 24.6 Å². The van der Waals surface area contributed by atoms with Crippen LogP contribution in [0.4, 0.5) is 0 Å². The second-order valence-corrected chi connectivity index (χ2v) is 17.7. The van der Waals surface area contributed by atoms with E-state index in [1.165, 1.54) is 140 Å². The van der Waals surface area contributed by atoms with E-state index in [0.29, 0.717) is 5.75 Å². The van der Waals surface area contributed by atoms with E-state index in [2.05, 4.69) is 74.1 Å². The highest BCUT2D eigenvalue weighted by atomic mass is 32.2. The fourth-order valence-corrected chi connectivity index (χ4v) is 7.69. The molecule has 1 N–H and O–H groups in total. The van der Waals surface area contributed by atoms with Crippen molar-refractivity contribution in [3.63, 3.8) is 0 Å². The van der Waals surface area contributed by atoms with E-state index in [1.807, 2.05) is 38.1 Å². The molecular formula is C52H87NO4S. The maximum Gasteiger partial charge on any atom is 0.344 e. The Bertz CT molecular complexity index is 1190. The van der Waals surface area contributed by atoms with E-state index in [0.717, 1.165) is 56.3 Å². The lowest BCUT2D eigenvalue weighted by atomic mass is 9.87. The zero-order chi connectivity index (χ0) is 42.2. The van der Waals surface area contributed by atoms with E-state index >= 15 is 0 Å². The molecule has 1 aromatic rings. The molecule has 0 aliphatic rings. The molecule has 0 aromatic heterocycles. The molecule has 0 saturated carbocycles. The summed E-state index contributed by atoms with van der Waals surface area (Å²) in [4.78, 5) is 26.4. The summed E-state index contributed by atoms with van der Waals surface area (Å²) in [5, 5.41) is 0. The molecule has 58 heavy (non-hydrogen) atoms. The molecule has 0 heterocycles. The van der Waals surface area contributed by atoms with Crippen LogP contribution in [0.1, 0.15) is 214 Å². The molecule has 0 radical (unpaired) electrons. The summed E-state index contributed by atoms with van der Waals surface area (Å²) in [7, 11) is 0. The monoisotopic (exact) mass is 822 g/mol. The highest BCUT2D eigenvalue weighted by Crippen LogP contribution is 2.26. The molecule has 0 bridgehead atoms. The number of carbonyl (C=O) groups excluding carboxylic acids is 2. The predicted molar refractivity (Wildman–Crippen MR) is 252 cm³/mol. The standard InChI is InChI=1S/C52H87NO4S/c1-6-9-11-13-15-17-19-21-23-25-27-29-31-33-35-37-39-48(40-38-36-34-32-30-28-26-24-22-20-18-16-14-12-10-7-2)57-50(54)46-56-47-41-43-49(44-42-47)58-53-51(55)52(4,5)45-8-3/h15-18,21-24,41-44,48H,6-14,19-20,25-40,45-46H2,1-5H3,(H,53,55)/b17-15-,18-16-,23-21-,24-22-. The molecule has 1 aromatic carbocycles. The largest absolute Gasteiger partial charge is 0.482 e. The molecule has 1 rings (SSSR count). The van der Waals surface area contributed by atoms with E-state index in [1.54, 1.807) is 0 Å². The van der Waals surface area contributed by atoms with Gasteiger partial charge in [0.15, 0.2) is 6.61 Å². The molecule has 1 amide bonds. The van der Waals surface area contributed by atoms with Crippen LogP contribution in [-0.2, 0) is 14.3 Å². The van der Waals surface area contributed by atoms with Gasteiger partial charge in [0.2, 0.25) is 5.91 Å². The minimum Gasteiger partial charge on any atom is -0.482 e. The summed E-state index contributed by atoms with van der Waals surface area (Å²) in [6.07, 6.45) is 51.7. The molecule has 6 heteroatoms. The molecule has 0 atom stereocenters. The molecule has 0 spiro atoms. The second kappa shape index (κ2) is 38.5. The third kappa shape index (κ3) is 32.2. The van der Waals surface area contributed by atoms with Crippen LogP contribution in [0.3, 0.4) is 0 Å². The lowest BCUT2D eigenvalue weighted by Gasteiger charge is -2.22. The molecular weight excluding hydrogens is 735 g/mol. The Morgan fingerprint density at radius 3 is 1.47 bits per heavy atom. The third-order valence-corrected chi connectivity index (χ3v) is 11.5. The number of amides is 1. The SMILES string of the molecule is CCCCC/C=C\C/C=C\CCCCCCCCC(CCCCCCCC/C=C\C/C=C\CCCCC)OC(=O)COc1ccc(SNC(=O)C(C)(C)CCC)cc1. The van der Waals surface area contributed by atoms with Crippen molar-refractivity contribution in [1.82, 2.24) is 4.72 Å². The quantitative estimate of drug-likeness (QED) is 0.0310. The summed E-state index contributed by atoms with van der Waals surface area (Å²) in [5.41, 5.74) is -0.395. The van der Waals surface area contributed by atoms with Crippen molar-refractivity contribution < 1.29 is 19.1 Å². The maximum absolute atomic E-state index is 12.9. The number of hydrogen-bond acceptors (Lipinski definition) is 5. The van der Waals surface area contributed by atoms with Crippen LogP contribution in [0.5, 0.6) is 5.75 Å². The minimum atomic E-state index is -0.395. The number of nitrogens with one attached hydrogen (secondary N) is 1. The van der Waals surface area contributed by atoms with Crippen LogP contribution >= 0.6 is 11.9 Å². The van der Waals surface area contributed by atoms with E-state index in [9.17, 15) is 9.59 Å². The van der Waals surface area contributed by atoms with Crippen LogP contribution in [0.15, 0.2) is 77.8 Å². The van der Waals surface area contributed by atoms with Crippen molar-refractivity contribution in [2.24, 2.45) is 5.41 Å².